The lowest BCUT2D eigenvalue weighted by Gasteiger charge is -2.04. The first-order chi connectivity index (χ1) is 7.69. The molecule has 0 aliphatic rings. The van der Waals surface area contributed by atoms with Crippen LogP contribution in [0, 0.1) is 0 Å². The van der Waals surface area contributed by atoms with Gasteiger partial charge in [-0.05, 0) is 30.7 Å². The maximum atomic E-state index is 11.0. The number of carbonyl (C=O) groups is 1. The van der Waals surface area contributed by atoms with Crippen molar-refractivity contribution >= 4 is 12.0 Å². The van der Waals surface area contributed by atoms with Crippen LogP contribution in [0.5, 0.6) is 5.75 Å². The molecule has 0 spiro atoms. The highest BCUT2D eigenvalue weighted by molar-refractivity contribution is 5.92. The zero-order valence-electron chi connectivity index (χ0n) is 9.14. The molecule has 0 aliphatic heterocycles. The molecular weight excluding hydrogens is 206 g/mol. The van der Waals surface area contributed by atoms with Crippen LogP contribution in [0.1, 0.15) is 22.3 Å². The van der Waals surface area contributed by atoms with Crippen molar-refractivity contribution in [2.75, 3.05) is 13.7 Å². The Labute approximate surface area is 94.3 Å². The Hall–Kier alpha value is -1.81. The molecule has 86 valence electrons. The fraction of sp³-hybridized carbons (Fsp3) is 0.250. The van der Waals surface area contributed by atoms with E-state index in [0.717, 1.165) is 6.42 Å². The summed E-state index contributed by atoms with van der Waals surface area (Å²) in [6, 6.07) is 4.95. The third-order valence-corrected chi connectivity index (χ3v) is 2.12. The summed E-state index contributed by atoms with van der Waals surface area (Å²) in [5.41, 5.74) is 6.23. The lowest BCUT2D eigenvalue weighted by molar-refractivity contribution is 0.0696. The van der Waals surface area contributed by atoms with Gasteiger partial charge in [-0.15, -0.1) is 0 Å². The highest BCUT2D eigenvalue weighted by Crippen LogP contribution is 2.19. The molecule has 0 fully saturated rings. The third kappa shape index (κ3) is 3.10. The average Bonchev–Trinajstić information content (AvgIpc) is 2.29. The third-order valence-electron chi connectivity index (χ3n) is 2.12. The van der Waals surface area contributed by atoms with Gasteiger partial charge in [-0.2, -0.15) is 0 Å². The number of ether oxygens (including phenoxy) is 1. The Morgan fingerprint density at radius 1 is 1.56 bits per heavy atom. The summed E-state index contributed by atoms with van der Waals surface area (Å²) in [4.78, 5) is 11.0. The lowest BCUT2D eigenvalue weighted by atomic mass is 10.1. The summed E-state index contributed by atoms with van der Waals surface area (Å²) in [6.45, 7) is 0.551. The van der Waals surface area contributed by atoms with Crippen molar-refractivity contribution in [2.45, 2.75) is 6.42 Å². The quantitative estimate of drug-likeness (QED) is 0.794. The molecule has 1 aromatic carbocycles. The average molecular weight is 221 g/mol. The molecule has 0 atom stereocenters. The van der Waals surface area contributed by atoms with Gasteiger partial charge in [-0.3, -0.25) is 0 Å². The largest absolute Gasteiger partial charge is 0.497 e. The molecule has 0 aromatic heterocycles. The minimum atomic E-state index is -0.966. The van der Waals surface area contributed by atoms with Crippen LogP contribution in [0.15, 0.2) is 24.3 Å². The van der Waals surface area contributed by atoms with E-state index in [-0.39, 0.29) is 5.56 Å². The number of carboxylic acid groups (broad SMARTS) is 1. The summed E-state index contributed by atoms with van der Waals surface area (Å²) in [6.07, 6.45) is 4.34. The van der Waals surface area contributed by atoms with Gasteiger partial charge < -0.3 is 15.6 Å². The van der Waals surface area contributed by atoms with Gasteiger partial charge in [0.2, 0.25) is 0 Å². The van der Waals surface area contributed by atoms with Crippen molar-refractivity contribution in [2.24, 2.45) is 5.73 Å². The van der Waals surface area contributed by atoms with Crippen LogP contribution in [0.2, 0.25) is 0 Å². The maximum Gasteiger partial charge on any atom is 0.336 e. The van der Waals surface area contributed by atoms with E-state index in [1.807, 2.05) is 6.08 Å². The van der Waals surface area contributed by atoms with Crippen LogP contribution in [0.3, 0.4) is 0 Å². The zero-order chi connectivity index (χ0) is 12.0. The van der Waals surface area contributed by atoms with Gasteiger partial charge in [0.25, 0.3) is 0 Å². The summed E-state index contributed by atoms with van der Waals surface area (Å²) >= 11 is 0. The number of aromatic carboxylic acids is 1. The molecular formula is C12H15NO3. The predicted octanol–water partition coefficient (Wildman–Crippen LogP) is 1.76. The molecule has 0 unspecified atom stereocenters. The van der Waals surface area contributed by atoms with Crippen molar-refractivity contribution in [1.82, 2.24) is 0 Å². The van der Waals surface area contributed by atoms with Crippen LogP contribution in [0.25, 0.3) is 6.08 Å². The van der Waals surface area contributed by atoms with E-state index in [0.29, 0.717) is 17.9 Å². The zero-order valence-corrected chi connectivity index (χ0v) is 9.14. The molecule has 4 heteroatoms. The van der Waals surface area contributed by atoms with Crippen molar-refractivity contribution < 1.29 is 14.6 Å². The molecule has 0 saturated heterocycles. The molecule has 16 heavy (non-hydrogen) atoms. The molecule has 0 amide bonds. The standard InChI is InChI=1S/C12H15NO3/c1-16-10-6-5-9(4-2-3-7-13)11(8-10)12(14)15/h2,4-6,8H,3,7,13H2,1H3,(H,14,15). The summed E-state index contributed by atoms with van der Waals surface area (Å²) in [5.74, 6) is -0.431. The fourth-order valence-electron chi connectivity index (χ4n) is 1.30. The van der Waals surface area contributed by atoms with E-state index in [2.05, 4.69) is 0 Å². The number of rotatable bonds is 5. The molecule has 4 nitrogen and oxygen atoms in total. The van der Waals surface area contributed by atoms with Gasteiger partial charge in [0.15, 0.2) is 0 Å². The topological polar surface area (TPSA) is 72.5 Å². The summed E-state index contributed by atoms with van der Waals surface area (Å²) in [7, 11) is 1.50. The van der Waals surface area contributed by atoms with Crippen molar-refractivity contribution in [3.63, 3.8) is 0 Å². The minimum absolute atomic E-state index is 0.229. The Kier molecular flexibility index (Phi) is 4.54. The molecule has 1 aromatic rings. The lowest BCUT2D eigenvalue weighted by Crippen LogP contribution is -2.00. The smallest absolute Gasteiger partial charge is 0.336 e. The van der Waals surface area contributed by atoms with Gasteiger partial charge >= 0.3 is 5.97 Å². The Balaban J connectivity index is 3.03. The van der Waals surface area contributed by atoms with E-state index in [4.69, 9.17) is 15.6 Å². The molecule has 0 saturated carbocycles. The SMILES string of the molecule is COc1ccc(C=CCCN)c(C(=O)O)c1. The van der Waals surface area contributed by atoms with E-state index in [1.54, 1.807) is 18.2 Å². The molecule has 0 aliphatic carbocycles. The van der Waals surface area contributed by atoms with Crippen LogP contribution >= 0.6 is 0 Å². The Morgan fingerprint density at radius 2 is 2.31 bits per heavy atom. The Morgan fingerprint density at radius 3 is 2.88 bits per heavy atom. The van der Waals surface area contributed by atoms with Crippen LogP contribution in [0.4, 0.5) is 0 Å². The molecule has 0 bridgehead atoms. The highest BCUT2D eigenvalue weighted by atomic mass is 16.5. The summed E-state index contributed by atoms with van der Waals surface area (Å²) < 4.78 is 4.98. The molecule has 3 N–H and O–H groups in total. The van der Waals surface area contributed by atoms with E-state index in [1.165, 1.54) is 13.2 Å². The summed E-state index contributed by atoms with van der Waals surface area (Å²) in [5, 5.41) is 9.03. The predicted molar refractivity (Wildman–Crippen MR) is 62.7 cm³/mol. The second kappa shape index (κ2) is 5.92. The molecule has 1 rings (SSSR count). The van der Waals surface area contributed by atoms with Gasteiger partial charge in [0, 0.05) is 0 Å². The number of carboxylic acids is 1. The second-order valence-corrected chi connectivity index (χ2v) is 3.24. The first kappa shape index (κ1) is 12.3. The molecule has 0 radical (unpaired) electrons. The van der Waals surface area contributed by atoms with Gasteiger partial charge in [-0.1, -0.05) is 18.2 Å². The van der Waals surface area contributed by atoms with Crippen LogP contribution in [-0.4, -0.2) is 24.7 Å². The van der Waals surface area contributed by atoms with Gasteiger partial charge in [-0.25, -0.2) is 4.79 Å². The number of hydrogen-bond donors (Lipinski definition) is 2. The first-order valence-electron chi connectivity index (χ1n) is 4.97. The number of hydrogen-bond acceptors (Lipinski definition) is 3. The highest BCUT2D eigenvalue weighted by Gasteiger charge is 2.08. The maximum absolute atomic E-state index is 11.0. The molecule has 0 heterocycles. The number of methoxy groups -OCH3 is 1. The normalized spacial score (nSPS) is 10.6. The number of nitrogens with two attached hydrogens (primary N) is 1. The van der Waals surface area contributed by atoms with Gasteiger partial charge in [0.1, 0.15) is 5.75 Å². The first-order valence-corrected chi connectivity index (χ1v) is 4.97. The van der Waals surface area contributed by atoms with E-state index < -0.39 is 5.97 Å². The van der Waals surface area contributed by atoms with Crippen molar-refractivity contribution in [1.29, 1.82) is 0 Å². The van der Waals surface area contributed by atoms with Crippen LogP contribution in [-0.2, 0) is 0 Å². The van der Waals surface area contributed by atoms with E-state index >= 15 is 0 Å². The van der Waals surface area contributed by atoms with Gasteiger partial charge in [0.05, 0.1) is 12.7 Å². The van der Waals surface area contributed by atoms with Crippen molar-refractivity contribution in [3.05, 3.63) is 35.4 Å². The monoisotopic (exact) mass is 221 g/mol. The fourth-order valence-corrected chi connectivity index (χ4v) is 1.30. The van der Waals surface area contributed by atoms with Crippen LogP contribution < -0.4 is 10.5 Å². The second-order valence-electron chi connectivity index (χ2n) is 3.24. The Bertz CT molecular complexity index is 399. The number of benzene rings is 1. The van der Waals surface area contributed by atoms with E-state index in [9.17, 15) is 4.79 Å². The van der Waals surface area contributed by atoms with Crippen molar-refractivity contribution in [3.8, 4) is 5.75 Å². The minimum Gasteiger partial charge on any atom is -0.497 e.